The predicted molar refractivity (Wildman–Crippen MR) is 97.1 cm³/mol. The van der Waals surface area contributed by atoms with E-state index in [4.69, 9.17) is 0 Å². The van der Waals surface area contributed by atoms with E-state index >= 15 is 0 Å². The Morgan fingerprint density at radius 1 is 1.08 bits per heavy atom. The average molecular weight is 322 g/mol. The number of aromatic nitrogens is 1. The van der Waals surface area contributed by atoms with E-state index in [-0.39, 0.29) is 11.8 Å². The number of hydrogen-bond donors (Lipinski definition) is 2. The number of aryl methyl sites for hydroxylation is 1. The molecule has 0 saturated carbocycles. The summed E-state index contributed by atoms with van der Waals surface area (Å²) in [6, 6.07) is 17.2. The van der Waals surface area contributed by atoms with Gasteiger partial charge in [0, 0.05) is 29.2 Å². The zero-order chi connectivity index (χ0) is 17.3. The third-order valence-electron chi connectivity index (χ3n) is 4.34. The van der Waals surface area contributed by atoms with Crippen molar-refractivity contribution >= 4 is 22.5 Å². The minimum atomic E-state index is -0.617. The number of nitrogens with one attached hydrogen (secondary N) is 1. The highest BCUT2D eigenvalue weighted by Crippen LogP contribution is 2.28. The van der Waals surface area contributed by atoms with Crippen LogP contribution in [0.1, 0.15) is 36.0 Å². The molecule has 1 heterocycles. The lowest BCUT2D eigenvalue weighted by molar-refractivity contribution is 0.101. The number of carbonyl (C=O) groups excluding carboxylic acids is 1. The monoisotopic (exact) mass is 322 g/mol. The zero-order valence-corrected chi connectivity index (χ0v) is 14.2. The number of aliphatic hydroxyl groups excluding tert-OH is 1. The highest BCUT2D eigenvalue weighted by molar-refractivity contribution is 6.06. The molecule has 0 radical (unpaired) electrons. The average Bonchev–Trinajstić information content (AvgIpc) is 2.92. The largest absolute Gasteiger partial charge is 0.388 e. The summed E-state index contributed by atoms with van der Waals surface area (Å²) in [5, 5.41) is 14.3. The fraction of sp³-hybridized carbons (Fsp3) is 0.250. The minimum absolute atomic E-state index is 0.0701. The Kier molecular flexibility index (Phi) is 4.40. The van der Waals surface area contributed by atoms with Crippen LogP contribution in [0, 0.1) is 5.92 Å². The van der Waals surface area contributed by atoms with Gasteiger partial charge in [-0.2, -0.15) is 0 Å². The summed E-state index contributed by atoms with van der Waals surface area (Å²) in [4.78, 5) is 12.7. The molecule has 3 rings (SSSR count). The smallest absolute Gasteiger partial charge is 0.272 e. The second kappa shape index (κ2) is 6.49. The quantitative estimate of drug-likeness (QED) is 0.759. The Balaban J connectivity index is 1.94. The predicted octanol–water partition coefficient (Wildman–Crippen LogP) is 4.12. The maximum absolute atomic E-state index is 12.7. The fourth-order valence-electron chi connectivity index (χ4n) is 2.92. The number of rotatable bonds is 4. The Bertz CT molecular complexity index is 880. The molecule has 0 bridgehead atoms. The summed E-state index contributed by atoms with van der Waals surface area (Å²) in [5.74, 6) is -0.113. The van der Waals surface area contributed by atoms with E-state index < -0.39 is 6.10 Å². The number of aliphatic hydroxyl groups is 1. The number of nitrogens with zero attached hydrogens (tertiary/aromatic N) is 1. The van der Waals surface area contributed by atoms with E-state index in [9.17, 15) is 9.90 Å². The van der Waals surface area contributed by atoms with Crippen LogP contribution >= 0.6 is 0 Å². The standard InChI is InChI=1S/C20H22N2O2/c1-13(2)19(23)15-9-5-6-10-16(15)21-20(24)18-12-14-8-4-7-11-17(14)22(18)3/h4-13,19,23H,1-3H3,(H,21,24). The first-order chi connectivity index (χ1) is 11.5. The lowest BCUT2D eigenvalue weighted by atomic mass is 9.97. The Hall–Kier alpha value is -2.59. The molecule has 1 amide bonds. The van der Waals surface area contributed by atoms with Crippen molar-refractivity contribution in [2.45, 2.75) is 20.0 Å². The van der Waals surface area contributed by atoms with E-state index in [2.05, 4.69) is 5.32 Å². The SMILES string of the molecule is CC(C)C(O)c1ccccc1NC(=O)c1cc2ccccc2n1C. The van der Waals surface area contributed by atoms with Gasteiger partial charge in [0.05, 0.1) is 6.10 Å². The van der Waals surface area contributed by atoms with Crippen LogP contribution in [0.4, 0.5) is 5.69 Å². The second-order valence-electron chi connectivity index (χ2n) is 6.38. The molecule has 0 spiro atoms. The number of benzene rings is 2. The van der Waals surface area contributed by atoms with Crippen molar-refractivity contribution in [3.8, 4) is 0 Å². The maximum Gasteiger partial charge on any atom is 0.272 e. The van der Waals surface area contributed by atoms with Gasteiger partial charge < -0.3 is 15.0 Å². The van der Waals surface area contributed by atoms with Gasteiger partial charge in [-0.05, 0) is 24.1 Å². The van der Waals surface area contributed by atoms with Gasteiger partial charge in [-0.3, -0.25) is 4.79 Å². The van der Waals surface area contributed by atoms with E-state index in [1.54, 1.807) is 0 Å². The topological polar surface area (TPSA) is 54.3 Å². The highest BCUT2D eigenvalue weighted by Gasteiger charge is 2.19. The van der Waals surface area contributed by atoms with Crippen molar-refractivity contribution in [2.75, 3.05) is 5.32 Å². The van der Waals surface area contributed by atoms with Crippen molar-refractivity contribution in [3.63, 3.8) is 0 Å². The van der Waals surface area contributed by atoms with Gasteiger partial charge in [-0.1, -0.05) is 50.2 Å². The molecule has 3 aromatic rings. The molecule has 1 atom stereocenters. The first kappa shape index (κ1) is 16.3. The van der Waals surface area contributed by atoms with Crippen LogP contribution in [0.5, 0.6) is 0 Å². The number of anilines is 1. The number of fused-ring (bicyclic) bond motifs is 1. The number of hydrogen-bond acceptors (Lipinski definition) is 2. The molecular weight excluding hydrogens is 300 g/mol. The van der Waals surface area contributed by atoms with Gasteiger partial charge >= 0.3 is 0 Å². The summed E-state index contributed by atoms with van der Waals surface area (Å²) in [6.45, 7) is 3.90. The van der Waals surface area contributed by atoms with Crippen LogP contribution in [-0.2, 0) is 7.05 Å². The number of para-hydroxylation sites is 2. The molecule has 2 aromatic carbocycles. The lowest BCUT2D eigenvalue weighted by Crippen LogP contribution is -2.18. The van der Waals surface area contributed by atoms with E-state index in [1.807, 2.05) is 80.1 Å². The van der Waals surface area contributed by atoms with Crippen LogP contribution in [0.2, 0.25) is 0 Å². The minimum Gasteiger partial charge on any atom is -0.388 e. The molecular formula is C20H22N2O2. The summed E-state index contributed by atoms with van der Waals surface area (Å²) in [5.41, 5.74) is 2.98. The molecule has 0 aliphatic heterocycles. The number of carbonyl (C=O) groups is 1. The highest BCUT2D eigenvalue weighted by atomic mass is 16.3. The van der Waals surface area contributed by atoms with Crippen LogP contribution in [0.25, 0.3) is 10.9 Å². The summed E-state index contributed by atoms with van der Waals surface area (Å²) in [7, 11) is 1.88. The molecule has 1 aromatic heterocycles. The molecule has 0 fully saturated rings. The fourth-order valence-corrected chi connectivity index (χ4v) is 2.92. The summed E-state index contributed by atoms with van der Waals surface area (Å²) >= 11 is 0. The molecule has 2 N–H and O–H groups in total. The molecule has 0 aliphatic carbocycles. The van der Waals surface area contributed by atoms with Crippen LogP contribution in [0.3, 0.4) is 0 Å². The van der Waals surface area contributed by atoms with Crippen LogP contribution in [0.15, 0.2) is 54.6 Å². The van der Waals surface area contributed by atoms with Crippen LogP contribution in [-0.4, -0.2) is 15.6 Å². The summed E-state index contributed by atoms with van der Waals surface area (Å²) < 4.78 is 1.88. The third kappa shape index (κ3) is 2.93. The lowest BCUT2D eigenvalue weighted by Gasteiger charge is -2.19. The molecule has 0 aliphatic rings. The molecule has 4 heteroatoms. The molecule has 124 valence electrons. The normalized spacial score (nSPS) is 12.5. The third-order valence-corrected chi connectivity index (χ3v) is 4.34. The van der Waals surface area contributed by atoms with E-state index in [0.717, 1.165) is 16.5 Å². The van der Waals surface area contributed by atoms with Gasteiger partial charge in [0.25, 0.3) is 5.91 Å². The van der Waals surface area contributed by atoms with Crippen molar-refractivity contribution in [2.24, 2.45) is 13.0 Å². The van der Waals surface area contributed by atoms with Crippen LogP contribution < -0.4 is 5.32 Å². The first-order valence-electron chi connectivity index (χ1n) is 8.12. The van der Waals surface area contributed by atoms with Gasteiger partial charge in [-0.25, -0.2) is 0 Å². The molecule has 4 nitrogen and oxygen atoms in total. The van der Waals surface area contributed by atoms with Crippen molar-refractivity contribution in [3.05, 3.63) is 65.9 Å². The van der Waals surface area contributed by atoms with Crippen molar-refractivity contribution < 1.29 is 9.90 Å². The Morgan fingerprint density at radius 2 is 1.75 bits per heavy atom. The van der Waals surface area contributed by atoms with Crippen molar-refractivity contribution in [1.29, 1.82) is 0 Å². The van der Waals surface area contributed by atoms with Gasteiger partial charge in [0.1, 0.15) is 5.69 Å². The van der Waals surface area contributed by atoms with E-state index in [1.165, 1.54) is 0 Å². The van der Waals surface area contributed by atoms with Gasteiger partial charge in [0.15, 0.2) is 0 Å². The molecule has 24 heavy (non-hydrogen) atoms. The van der Waals surface area contributed by atoms with E-state index in [0.29, 0.717) is 11.4 Å². The van der Waals surface area contributed by atoms with Gasteiger partial charge in [0.2, 0.25) is 0 Å². The molecule has 1 unspecified atom stereocenters. The maximum atomic E-state index is 12.7. The Morgan fingerprint density at radius 3 is 2.46 bits per heavy atom. The molecule has 0 saturated heterocycles. The van der Waals surface area contributed by atoms with Gasteiger partial charge in [-0.15, -0.1) is 0 Å². The zero-order valence-electron chi connectivity index (χ0n) is 14.2. The van der Waals surface area contributed by atoms with Crippen molar-refractivity contribution in [1.82, 2.24) is 4.57 Å². The first-order valence-corrected chi connectivity index (χ1v) is 8.12. The Labute approximate surface area is 141 Å². The number of amides is 1. The second-order valence-corrected chi connectivity index (χ2v) is 6.38. The summed E-state index contributed by atoms with van der Waals surface area (Å²) in [6.07, 6.45) is -0.617.